The van der Waals surface area contributed by atoms with Crippen molar-refractivity contribution in [3.05, 3.63) is 12.2 Å². The summed E-state index contributed by atoms with van der Waals surface area (Å²) in [4.78, 5) is 0. The molecule has 22 heavy (non-hydrogen) atoms. The molecule has 2 heteroatoms. The van der Waals surface area contributed by atoms with Crippen molar-refractivity contribution in [1.82, 2.24) is 0 Å². The number of aliphatic hydroxyl groups is 2. The van der Waals surface area contributed by atoms with Gasteiger partial charge in [0.2, 0.25) is 0 Å². The van der Waals surface area contributed by atoms with Crippen molar-refractivity contribution in [2.75, 3.05) is 0 Å². The first-order valence-corrected chi connectivity index (χ1v) is 9.38. The summed E-state index contributed by atoms with van der Waals surface area (Å²) < 4.78 is 0. The van der Waals surface area contributed by atoms with Gasteiger partial charge in [-0.15, -0.1) is 0 Å². The molecule has 3 fully saturated rings. The predicted molar refractivity (Wildman–Crippen MR) is 88.3 cm³/mol. The van der Waals surface area contributed by atoms with Crippen LogP contribution in [0.3, 0.4) is 0 Å². The van der Waals surface area contributed by atoms with E-state index in [2.05, 4.69) is 32.9 Å². The van der Waals surface area contributed by atoms with Crippen LogP contribution in [-0.4, -0.2) is 21.9 Å². The van der Waals surface area contributed by atoms with Crippen molar-refractivity contribution >= 4 is 0 Å². The lowest BCUT2D eigenvalue weighted by Gasteiger charge is -2.61. The van der Waals surface area contributed by atoms with Crippen LogP contribution in [0.25, 0.3) is 0 Å². The summed E-state index contributed by atoms with van der Waals surface area (Å²) in [5.41, 5.74) is -0.342. The highest BCUT2D eigenvalue weighted by Crippen LogP contribution is 2.67. The maximum absolute atomic E-state index is 10.9. The molecule has 2 nitrogen and oxygen atoms in total. The van der Waals surface area contributed by atoms with Gasteiger partial charge < -0.3 is 10.2 Å². The summed E-state index contributed by atoms with van der Waals surface area (Å²) in [6, 6.07) is 0. The predicted octanol–water partition coefficient (Wildman–Crippen LogP) is 3.92. The molecular weight excluding hydrogens is 272 g/mol. The van der Waals surface area contributed by atoms with E-state index in [-0.39, 0.29) is 16.9 Å². The fraction of sp³-hybridized carbons (Fsp3) is 0.900. The number of aliphatic hydroxyl groups excluding tert-OH is 1. The van der Waals surface area contributed by atoms with E-state index in [1.165, 1.54) is 25.7 Å². The summed E-state index contributed by atoms with van der Waals surface area (Å²) in [6.45, 7) is 6.77. The molecule has 3 saturated carbocycles. The molecule has 0 unspecified atom stereocenters. The van der Waals surface area contributed by atoms with Crippen molar-refractivity contribution in [2.45, 2.75) is 77.4 Å². The highest BCUT2D eigenvalue weighted by atomic mass is 16.3. The molecule has 124 valence electrons. The van der Waals surface area contributed by atoms with Gasteiger partial charge >= 0.3 is 0 Å². The largest absolute Gasteiger partial charge is 0.390 e. The normalized spacial score (nSPS) is 60.5. The van der Waals surface area contributed by atoms with Gasteiger partial charge in [-0.1, -0.05) is 26.0 Å². The number of hydrogen-bond donors (Lipinski definition) is 2. The summed E-state index contributed by atoms with van der Waals surface area (Å²) in [7, 11) is 0. The first-order chi connectivity index (χ1) is 10.3. The Hall–Kier alpha value is -0.340. The lowest BCUT2D eigenvalue weighted by molar-refractivity contribution is -0.160. The van der Waals surface area contributed by atoms with Crippen LogP contribution in [-0.2, 0) is 0 Å². The van der Waals surface area contributed by atoms with Gasteiger partial charge in [0.1, 0.15) is 0 Å². The van der Waals surface area contributed by atoms with Gasteiger partial charge in [0.25, 0.3) is 0 Å². The molecule has 4 rings (SSSR count). The summed E-state index contributed by atoms with van der Waals surface area (Å²) in [5, 5.41) is 21.7. The lowest BCUT2D eigenvalue weighted by atomic mass is 9.44. The minimum atomic E-state index is -0.495. The first-order valence-electron chi connectivity index (χ1n) is 9.38. The Labute approximate surface area is 135 Å². The Balaban J connectivity index is 1.70. The van der Waals surface area contributed by atoms with E-state index >= 15 is 0 Å². The van der Waals surface area contributed by atoms with Crippen LogP contribution in [0.2, 0.25) is 0 Å². The van der Waals surface area contributed by atoms with Crippen LogP contribution in [0.15, 0.2) is 12.2 Å². The van der Waals surface area contributed by atoms with Gasteiger partial charge in [-0.3, -0.25) is 0 Å². The number of fused-ring (bicyclic) bond motifs is 5. The topological polar surface area (TPSA) is 40.5 Å². The minimum absolute atomic E-state index is 0.0629. The van der Waals surface area contributed by atoms with Crippen LogP contribution in [0, 0.1) is 34.5 Å². The molecule has 0 aromatic carbocycles. The summed E-state index contributed by atoms with van der Waals surface area (Å²) >= 11 is 0. The van der Waals surface area contributed by atoms with Crippen LogP contribution in [0.1, 0.15) is 65.7 Å². The second-order valence-electron chi connectivity index (χ2n) is 9.39. The second-order valence-corrected chi connectivity index (χ2v) is 9.39. The van der Waals surface area contributed by atoms with E-state index in [0.29, 0.717) is 23.7 Å². The number of rotatable bonds is 0. The molecule has 0 amide bonds. The van der Waals surface area contributed by atoms with Gasteiger partial charge in [0, 0.05) is 5.41 Å². The SMILES string of the molecule is C[C@@]12[C@H](CC=C[C@@H]1O)CC[C@@H]1[C@@H]2CC[C@@]2(C)[C@H]1CC[C@]2(C)O. The van der Waals surface area contributed by atoms with E-state index in [4.69, 9.17) is 0 Å². The quantitative estimate of drug-likeness (QED) is 0.666. The lowest BCUT2D eigenvalue weighted by Crippen LogP contribution is -2.58. The molecule has 0 spiro atoms. The highest BCUT2D eigenvalue weighted by molar-refractivity contribution is 5.17. The average Bonchev–Trinajstić information content (AvgIpc) is 2.71. The second kappa shape index (κ2) is 4.60. The molecular formula is C20H32O2. The van der Waals surface area contributed by atoms with E-state index in [9.17, 15) is 10.2 Å². The van der Waals surface area contributed by atoms with Crippen LogP contribution in [0.4, 0.5) is 0 Å². The van der Waals surface area contributed by atoms with Gasteiger partial charge in [-0.05, 0) is 81.0 Å². The first kappa shape index (κ1) is 15.2. The van der Waals surface area contributed by atoms with Crippen LogP contribution < -0.4 is 0 Å². The van der Waals surface area contributed by atoms with Crippen LogP contribution >= 0.6 is 0 Å². The maximum Gasteiger partial charge on any atom is 0.0779 e. The summed E-state index contributed by atoms with van der Waals surface area (Å²) in [6.07, 6.45) is 12.1. The smallest absolute Gasteiger partial charge is 0.0779 e. The van der Waals surface area contributed by atoms with Gasteiger partial charge in [-0.25, -0.2) is 0 Å². The fourth-order valence-corrected chi connectivity index (χ4v) is 7.12. The third-order valence-corrected chi connectivity index (χ3v) is 8.90. The number of hydrogen-bond acceptors (Lipinski definition) is 2. The Kier molecular flexibility index (Phi) is 3.18. The average molecular weight is 304 g/mol. The molecule has 4 aliphatic carbocycles. The van der Waals surface area contributed by atoms with Crippen molar-refractivity contribution in [2.24, 2.45) is 34.5 Å². The van der Waals surface area contributed by atoms with Crippen molar-refractivity contribution in [1.29, 1.82) is 0 Å². The molecule has 0 aromatic rings. The third kappa shape index (κ3) is 1.69. The Bertz CT molecular complexity index is 496. The van der Waals surface area contributed by atoms with E-state index in [1.807, 2.05) is 0 Å². The summed E-state index contributed by atoms with van der Waals surface area (Å²) in [5.74, 6) is 2.64. The third-order valence-electron chi connectivity index (χ3n) is 8.90. The number of allylic oxidation sites excluding steroid dienone is 1. The minimum Gasteiger partial charge on any atom is -0.390 e. The zero-order valence-corrected chi connectivity index (χ0v) is 14.4. The Morgan fingerprint density at radius 3 is 2.45 bits per heavy atom. The molecule has 0 heterocycles. The van der Waals surface area contributed by atoms with Gasteiger partial charge in [0.05, 0.1) is 11.7 Å². The molecule has 2 N–H and O–H groups in total. The molecule has 0 aliphatic heterocycles. The van der Waals surface area contributed by atoms with Gasteiger partial charge in [-0.2, -0.15) is 0 Å². The molecule has 8 atom stereocenters. The fourth-order valence-electron chi connectivity index (χ4n) is 7.12. The Morgan fingerprint density at radius 1 is 0.955 bits per heavy atom. The van der Waals surface area contributed by atoms with Crippen molar-refractivity contribution < 1.29 is 10.2 Å². The molecule has 0 radical (unpaired) electrons. The molecule has 0 aromatic heterocycles. The highest BCUT2D eigenvalue weighted by Gasteiger charge is 2.63. The zero-order chi connectivity index (χ0) is 15.8. The zero-order valence-electron chi connectivity index (χ0n) is 14.4. The van der Waals surface area contributed by atoms with E-state index < -0.39 is 5.60 Å². The van der Waals surface area contributed by atoms with Crippen molar-refractivity contribution in [3.8, 4) is 0 Å². The monoisotopic (exact) mass is 304 g/mol. The molecule has 0 bridgehead atoms. The van der Waals surface area contributed by atoms with Crippen LogP contribution in [0.5, 0.6) is 0 Å². The maximum atomic E-state index is 10.9. The van der Waals surface area contributed by atoms with E-state index in [1.54, 1.807) is 0 Å². The van der Waals surface area contributed by atoms with Gasteiger partial charge in [0.15, 0.2) is 0 Å². The Morgan fingerprint density at radius 2 is 1.68 bits per heavy atom. The molecule has 0 saturated heterocycles. The standard InChI is InChI=1S/C20H32O2/c1-18-11-9-16-14(15(18)10-12-19(18,2)22)8-7-13-5-4-6-17(21)20(13,16)3/h4,6,13-17,21-22H,5,7-12H2,1-3H3/t13-,14+,15+,16+,17+,18+,19+,20+/m1/s1. The van der Waals surface area contributed by atoms with E-state index in [0.717, 1.165) is 19.3 Å². The van der Waals surface area contributed by atoms with Crippen molar-refractivity contribution in [3.63, 3.8) is 0 Å². The molecule has 4 aliphatic rings.